The van der Waals surface area contributed by atoms with Crippen LogP contribution in [0, 0.1) is 11.6 Å². The number of urea groups is 1. The number of aliphatic hydroxyl groups is 1. The Kier molecular flexibility index (Phi) is 6.74. The summed E-state index contributed by atoms with van der Waals surface area (Å²) in [6.07, 6.45) is 5.21. The maximum absolute atomic E-state index is 14.1. The van der Waals surface area contributed by atoms with E-state index in [4.69, 9.17) is 0 Å². The number of pyridine rings is 1. The van der Waals surface area contributed by atoms with Crippen LogP contribution in [-0.4, -0.2) is 64.2 Å². The summed E-state index contributed by atoms with van der Waals surface area (Å²) in [6, 6.07) is 14.8. The molecule has 3 atom stereocenters. The Labute approximate surface area is 203 Å². The third kappa shape index (κ3) is 4.76. The molecule has 2 aliphatic heterocycles. The van der Waals surface area contributed by atoms with Gasteiger partial charge in [0.1, 0.15) is 11.6 Å². The van der Waals surface area contributed by atoms with Gasteiger partial charge in [-0.05, 0) is 60.3 Å². The number of aliphatic hydroxyl groups excluding tert-OH is 1. The third-order valence-corrected chi connectivity index (χ3v) is 7.14. The highest BCUT2D eigenvalue weighted by Gasteiger charge is 2.49. The molecule has 3 heterocycles. The summed E-state index contributed by atoms with van der Waals surface area (Å²) in [6.45, 7) is 1.87. The first-order valence-corrected chi connectivity index (χ1v) is 11.9. The quantitative estimate of drug-likeness (QED) is 0.580. The molecule has 2 N–H and O–H groups in total. The van der Waals surface area contributed by atoms with E-state index in [9.17, 15) is 18.7 Å². The highest BCUT2D eigenvalue weighted by atomic mass is 19.1. The molecule has 2 aliphatic rings. The van der Waals surface area contributed by atoms with E-state index in [0.717, 1.165) is 54.3 Å². The fourth-order valence-electron chi connectivity index (χ4n) is 5.35. The minimum Gasteiger partial charge on any atom is -0.395 e. The molecule has 1 aromatic heterocycles. The van der Waals surface area contributed by atoms with E-state index < -0.39 is 17.7 Å². The van der Waals surface area contributed by atoms with Crippen LogP contribution in [0.15, 0.2) is 67.0 Å². The summed E-state index contributed by atoms with van der Waals surface area (Å²) >= 11 is 0. The van der Waals surface area contributed by atoms with Crippen LogP contribution in [0.5, 0.6) is 0 Å². The molecule has 2 aromatic carbocycles. The molecule has 2 fully saturated rings. The van der Waals surface area contributed by atoms with Crippen molar-refractivity contribution in [1.82, 2.24) is 14.8 Å². The average Bonchev–Trinajstić information content (AvgIpc) is 2.86. The Morgan fingerprint density at radius 3 is 2.46 bits per heavy atom. The molecule has 0 aliphatic carbocycles. The first-order chi connectivity index (χ1) is 17.0. The third-order valence-electron chi connectivity index (χ3n) is 7.14. The molecule has 0 spiro atoms. The van der Waals surface area contributed by atoms with Crippen molar-refractivity contribution in [3.05, 3.63) is 84.2 Å². The smallest absolute Gasteiger partial charge is 0.321 e. The lowest BCUT2D eigenvalue weighted by Gasteiger charge is -2.57. The predicted molar refractivity (Wildman–Crippen MR) is 130 cm³/mol. The lowest BCUT2D eigenvalue weighted by atomic mass is 9.74. The Morgan fingerprint density at radius 1 is 1.00 bits per heavy atom. The van der Waals surface area contributed by atoms with Crippen molar-refractivity contribution in [1.29, 1.82) is 0 Å². The molecule has 0 saturated carbocycles. The molecular formula is C27H28F2N4O2. The van der Waals surface area contributed by atoms with Gasteiger partial charge in [0, 0.05) is 49.6 Å². The first-order valence-electron chi connectivity index (χ1n) is 11.9. The van der Waals surface area contributed by atoms with Gasteiger partial charge in [-0.3, -0.25) is 9.88 Å². The van der Waals surface area contributed by atoms with E-state index >= 15 is 0 Å². The Hall–Kier alpha value is -3.36. The maximum atomic E-state index is 14.1. The number of nitrogens with zero attached hydrogens (tertiary/aromatic N) is 3. The summed E-state index contributed by atoms with van der Waals surface area (Å²) < 4.78 is 27.7. The van der Waals surface area contributed by atoms with Crippen LogP contribution in [0.25, 0.3) is 11.1 Å². The average molecular weight is 479 g/mol. The van der Waals surface area contributed by atoms with Crippen molar-refractivity contribution < 1.29 is 18.7 Å². The van der Waals surface area contributed by atoms with E-state index in [1.807, 2.05) is 12.1 Å². The minimum absolute atomic E-state index is 0.0181. The first kappa shape index (κ1) is 23.4. The van der Waals surface area contributed by atoms with Gasteiger partial charge >= 0.3 is 6.03 Å². The number of carbonyl (C=O) groups excluding carboxylic acids is 1. The molecular weight excluding hydrogens is 450 g/mol. The normalized spacial score (nSPS) is 22.5. The Balaban J connectivity index is 1.35. The highest BCUT2D eigenvalue weighted by Crippen LogP contribution is 2.42. The summed E-state index contributed by atoms with van der Waals surface area (Å²) in [5.41, 5.74) is 3.11. The summed E-state index contributed by atoms with van der Waals surface area (Å²) in [5, 5.41) is 12.7. The van der Waals surface area contributed by atoms with Crippen LogP contribution in [0.4, 0.5) is 19.3 Å². The van der Waals surface area contributed by atoms with E-state index in [1.54, 1.807) is 17.3 Å². The minimum atomic E-state index is -0.676. The SMILES string of the molecule is O=C(Nc1cc(F)ccc1F)N1CCCCN2[C@@H](CO)[C@H](c3ccc(-c4ccncc4)cc3)[C@@H]2C1. The number of aromatic nitrogens is 1. The second-order valence-electron chi connectivity index (χ2n) is 9.15. The number of hydrogen-bond donors (Lipinski definition) is 2. The number of halogens is 2. The second-order valence-corrected chi connectivity index (χ2v) is 9.15. The highest BCUT2D eigenvalue weighted by molar-refractivity contribution is 5.89. The molecule has 35 heavy (non-hydrogen) atoms. The molecule has 0 radical (unpaired) electrons. The number of benzene rings is 2. The number of fused-ring (bicyclic) bond motifs is 1. The lowest BCUT2D eigenvalue weighted by Crippen LogP contribution is -2.68. The number of nitrogens with one attached hydrogen (secondary N) is 1. The van der Waals surface area contributed by atoms with Crippen LogP contribution in [-0.2, 0) is 0 Å². The standard InChI is InChI=1S/C27H28F2N4O2/c28-21-7-8-22(29)23(15-21)31-27(35)32-13-1-2-14-33-24(16-32)26(25(33)17-34)20-5-3-18(4-6-20)19-9-11-30-12-10-19/h3-12,15,24-26,34H,1-2,13-14,16-17H2,(H,31,35)/t24-,25-,26+/m0/s1. The van der Waals surface area contributed by atoms with E-state index in [1.165, 1.54) is 0 Å². The molecule has 3 aromatic rings. The largest absolute Gasteiger partial charge is 0.395 e. The molecule has 0 bridgehead atoms. The van der Waals surface area contributed by atoms with Crippen LogP contribution in [0.3, 0.4) is 0 Å². The predicted octanol–water partition coefficient (Wildman–Crippen LogP) is 4.48. The van der Waals surface area contributed by atoms with Gasteiger partial charge in [-0.2, -0.15) is 0 Å². The number of amides is 2. The zero-order valence-corrected chi connectivity index (χ0v) is 19.3. The summed E-state index contributed by atoms with van der Waals surface area (Å²) in [7, 11) is 0. The fraction of sp³-hybridized carbons (Fsp3) is 0.333. The molecule has 0 unspecified atom stereocenters. The van der Waals surface area contributed by atoms with E-state index in [-0.39, 0.29) is 30.3 Å². The molecule has 5 rings (SSSR count). The van der Waals surface area contributed by atoms with Crippen LogP contribution >= 0.6 is 0 Å². The number of hydrogen-bond acceptors (Lipinski definition) is 4. The van der Waals surface area contributed by atoms with Crippen molar-refractivity contribution in [2.24, 2.45) is 0 Å². The second kappa shape index (κ2) is 10.1. The monoisotopic (exact) mass is 478 g/mol. The molecule has 182 valence electrons. The van der Waals surface area contributed by atoms with Crippen molar-refractivity contribution in [2.75, 3.05) is 31.6 Å². The zero-order valence-electron chi connectivity index (χ0n) is 19.3. The zero-order chi connectivity index (χ0) is 24.4. The Bertz CT molecular complexity index is 1180. The van der Waals surface area contributed by atoms with Gasteiger partial charge in [0.05, 0.1) is 12.3 Å². The van der Waals surface area contributed by atoms with Gasteiger partial charge in [0.25, 0.3) is 0 Å². The van der Waals surface area contributed by atoms with Crippen LogP contribution in [0.2, 0.25) is 0 Å². The molecule has 2 amide bonds. The van der Waals surface area contributed by atoms with Gasteiger partial charge in [0.15, 0.2) is 0 Å². The van der Waals surface area contributed by atoms with Crippen molar-refractivity contribution in [2.45, 2.75) is 30.8 Å². The van der Waals surface area contributed by atoms with Crippen molar-refractivity contribution in [3.63, 3.8) is 0 Å². The van der Waals surface area contributed by atoms with Gasteiger partial charge < -0.3 is 15.3 Å². The topological polar surface area (TPSA) is 68.7 Å². The lowest BCUT2D eigenvalue weighted by molar-refractivity contribution is -0.0585. The van der Waals surface area contributed by atoms with Crippen LogP contribution < -0.4 is 5.32 Å². The number of rotatable bonds is 4. The molecule has 2 saturated heterocycles. The molecule has 6 nitrogen and oxygen atoms in total. The fourth-order valence-corrected chi connectivity index (χ4v) is 5.35. The van der Waals surface area contributed by atoms with E-state index in [2.05, 4.69) is 39.5 Å². The van der Waals surface area contributed by atoms with E-state index in [0.29, 0.717) is 13.1 Å². The number of carbonyl (C=O) groups is 1. The summed E-state index contributed by atoms with van der Waals surface area (Å²) in [4.78, 5) is 21.0. The Morgan fingerprint density at radius 2 is 1.71 bits per heavy atom. The van der Waals surface area contributed by atoms with Crippen molar-refractivity contribution >= 4 is 11.7 Å². The maximum Gasteiger partial charge on any atom is 0.321 e. The van der Waals surface area contributed by atoms with Gasteiger partial charge in [0.2, 0.25) is 0 Å². The summed E-state index contributed by atoms with van der Waals surface area (Å²) in [5.74, 6) is -1.23. The van der Waals surface area contributed by atoms with Crippen LogP contribution in [0.1, 0.15) is 24.3 Å². The van der Waals surface area contributed by atoms with Gasteiger partial charge in [-0.1, -0.05) is 24.3 Å². The van der Waals surface area contributed by atoms with Gasteiger partial charge in [-0.15, -0.1) is 0 Å². The van der Waals surface area contributed by atoms with Crippen molar-refractivity contribution in [3.8, 4) is 11.1 Å². The number of anilines is 1. The molecule has 8 heteroatoms. The van der Waals surface area contributed by atoms with Gasteiger partial charge in [-0.25, -0.2) is 13.6 Å².